The SMILES string of the molecule is CCNC(=NCCCOCC1CCCO1)NCCNc1ncccc1C(F)(F)F.I. The van der Waals surface area contributed by atoms with Crippen molar-refractivity contribution in [2.45, 2.75) is 38.5 Å². The first-order chi connectivity index (χ1) is 14.0. The fourth-order valence-electron chi connectivity index (χ4n) is 2.83. The number of anilines is 1. The van der Waals surface area contributed by atoms with Crippen molar-refractivity contribution in [3.05, 3.63) is 23.9 Å². The lowest BCUT2D eigenvalue weighted by Crippen LogP contribution is -2.39. The Bertz CT molecular complexity index is 628. The van der Waals surface area contributed by atoms with Gasteiger partial charge in [0.05, 0.1) is 18.3 Å². The molecule has 0 amide bonds. The normalized spacial score (nSPS) is 16.8. The van der Waals surface area contributed by atoms with Gasteiger partial charge in [0, 0.05) is 45.6 Å². The van der Waals surface area contributed by atoms with E-state index < -0.39 is 11.7 Å². The Labute approximate surface area is 192 Å². The van der Waals surface area contributed by atoms with E-state index in [1.807, 2.05) is 6.92 Å². The Morgan fingerprint density at radius 3 is 2.87 bits per heavy atom. The largest absolute Gasteiger partial charge is 0.419 e. The fraction of sp³-hybridized carbons (Fsp3) is 0.684. The predicted octanol–water partition coefficient (Wildman–Crippen LogP) is 3.27. The highest BCUT2D eigenvalue weighted by atomic mass is 127. The van der Waals surface area contributed by atoms with Crippen LogP contribution in [0.4, 0.5) is 19.0 Å². The second-order valence-corrected chi connectivity index (χ2v) is 6.58. The lowest BCUT2D eigenvalue weighted by molar-refractivity contribution is -0.137. The quantitative estimate of drug-likeness (QED) is 0.172. The molecule has 1 fully saturated rings. The summed E-state index contributed by atoms with van der Waals surface area (Å²) in [6, 6.07) is 2.28. The minimum atomic E-state index is -4.44. The number of pyridine rings is 1. The second kappa shape index (κ2) is 14.6. The van der Waals surface area contributed by atoms with Crippen LogP contribution < -0.4 is 16.0 Å². The highest BCUT2D eigenvalue weighted by molar-refractivity contribution is 14.0. The molecule has 1 aromatic rings. The van der Waals surface area contributed by atoms with Gasteiger partial charge in [0.25, 0.3) is 0 Å². The van der Waals surface area contributed by atoms with Gasteiger partial charge in [0.1, 0.15) is 5.82 Å². The summed E-state index contributed by atoms with van der Waals surface area (Å²) < 4.78 is 50.0. The third-order valence-electron chi connectivity index (χ3n) is 4.21. The van der Waals surface area contributed by atoms with E-state index in [1.165, 1.54) is 12.3 Å². The first kappa shape index (κ1) is 26.7. The molecule has 172 valence electrons. The number of ether oxygens (including phenoxy) is 2. The van der Waals surface area contributed by atoms with E-state index in [0.717, 1.165) is 31.9 Å². The Morgan fingerprint density at radius 2 is 2.17 bits per heavy atom. The lowest BCUT2D eigenvalue weighted by Gasteiger charge is -2.15. The number of aliphatic imine (C=N–C) groups is 1. The van der Waals surface area contributed by atoms with Crippen LogP contribution in [0.2, 0.25) is 0 Å². The van der Waals surface area contributed by atoms with Gasteiger partial charge in [0.2, 0.25) is 0 Å². The molecule has 0 spiro atoms. The first-order valence-corrected chi connectivity index (χ1v) is 9.98. The van der Waals surface area contributed by atoms with E-state index in [-0.39, 0.29) is 42.4 Å². The second-order valence-electron chi connectivity index (χ2n) is 6.58. The zero-order chi connectivity index (χ0) is 21.0. The van der Waals surface area contributed by atoms with Crippen LogP contribution >= 0.6 is 24.0 Å². The van der Waals surface area contributed by atoms with E-state index >= 15 is 0 Å². The van der Waals surface area contributed by atoms with Crippen LogP contribution in [0.25, 0.3) is 0 Å². The molecule has 7 nitrogen and oxygen atoms in total. The summed E-state index contributed by atoms with van der Waals surface area (Å²) in [5.74, 6) is 0.442. The molecule has 0 saturated carbocycles. The van der Waals surface area contributed by atoms with Gasteiger partial charge in [-0.25, -0.2) is 4.98 Å². The molecule has 1 aliphatic heterocycles. The maximum Gasteiger partial charge on any atom is 0.419 e. The number of guanidine groups is 1. The minimum absolute atomic E-state index is 0. The molecule has 2 rings (SSSR count). The Morgan fingerprint density at radius 1 is 1.33 bits per heavy atom. The molecule has 1 aliphatic rings. The lowest BCUT2D eigenvalue weighted by atomic mass is 10.2. The summed E-state index contributed by atoms with van der Waals surface area (Å²) in [5, 5.41) is 8.92. The third-order valence-corrected chi connectivity index (χ3v) is 4.21. The molecule has 11 heteroatoms. The fourth-order valence-corrected chi connectivity index (χ4v) is 2.83. The van der Waals surface area contributed by atoms with Crippen molar-refractivity contribution in [2.75, 3.05) is 51.3 Å². The van der Waals surface area contributed by atoms with Crippen molar-refractivity contribution in [1.82, 2.24) is 15.6 Å². The number of alkyl halides is 3. The summed E-state index contributed by atoms with van der Waals surface area (Å²) >= 11 is 0. The minimum Gasteiger partial charge on any atom is -0.379 e. The molecule has 2 heterocycles. The molecule has 0 aromatic carbocycles. The van der Waals surface area contributed by atoms with E-state index in [1.54, 1.807) is 0 Å². The number of halogens is 4. The van der Waals surface area contributed by atoms with Crippen LogP contribution in [0.1, 0.15) is 31.7 Å². The zero-order valence-corrected chi connectivity index (χ0v) is 19.5. The van der Waals surface area contributed by atoms with Gasteiger partial charge >= 0.3 is 6.18 Å². The molecule has 1 aromatic heterocycles. The molecule has 1 unspecified atom stereocenters. The average Bonchev–Trinajstić information content (AvgIpc) is 3.20. The monoisotopic (exact) mass is 545 g/mol. The number of nitrogens with zero attached hydrogens (tertiary/aromatic N) is 2. The van der Waals surface area contributed by atoms with Crippen molar-refractivity contribution in [1.29, 1.82) is 0 Å². The van der Waals surface area contributed by atoms with Gasteiger partial charge in [0.15, 0.2) is 5.96 Å². The molecule has 0 aliphatic carbocycles. The van der Waals surface area contributed by atoms with E-state index in [4.69, 9.17) is 9.47 Å². The van der Waals surface area contributed by atoms with Gasteiger partial charge in [-0.15, -0.1) is 24.0 Å². The molecular weight excluding hydrogens is 514 g/mol. The molecule has 3 N–H and O–H groups in total. The van der Waals surface area contributed by atoms with Crippen LogP contribution in [0.15, 0.2) is 23.3 Å². The van der Waals surface area contributed by atoms with Crippen LogP contribution in [0.5, 0.6) is 0 Å². The maximum atomic E-state index is 13.0. The van der Waals surface area contributed by atoms with Crippen molar-refractivity contribution in [3.63, 3.8) is 0 Å². The van der Waals surface area contributed by atoms with Crippen LogP contribution in [-0.4, -0.2) is 63.0 Å². The first-order valence-electron chi connectivity index (χ1n) is 9.98. The highest BCUT2D eigenvalue weighted by Gasteiger charge is 2.33. The smallest absolute Gasteiger partial charge is 0.379 e. The van der Waals surface area contributed by atoms with E-state index in [2.05, 4.69) is 25.9 Å². The van der Waals surface area contributed by atoms with Crippen molar-refractivity contribution in [3.8, 4) is 0 Å². The third kappa shape index (κ3) is 10.1. The van der Waals surface area contributed by atoms with Crippen molar-refractivity contribution < 1.29 is 22.6 Å². The molecule has 1 atom stereocenters. The topological polar surface area (TPSA) is 79.8 Å². The summed E-state index contributed by atoms with van der Waals surface area (Å²) in [6.07, 6.45) is 0.0580. The van der Waals surface area contributed by atoms with Gasteiger partial charge in [-0.1, -0.05) is 0 Å². The van der Waals surface area contributed by atoms with Gasteiger partial charge in [-0.2, -0.15) is 13.2 Å². The van der Waals surface area contributed by atoms with Crippen LogP contribution in [0.3, 0.4) is 0 Å². The summed E-state index contributed by atoms with van der Waals surface area (Å²) in [5.41, 5.74) is -0.774. The molecule has 0 radical (unpaired) electrons. The average molecular weight is 545 g/mol. The Balaban J connectivity index is 0.00000450. The predicted molar refractivity (Wildman–Crippen MR) is 122 cm³/mol. The summed E-state index contributed by atoms with van der Waals surface area (Å²) in [6.45, 7) is 5.96. The standard InChI is InChI=1S/C19H30F3N5O2.HI/c1-2-23-18(26-9-5-12-28-14-15-6-4-13-29-15)27-11-10-25-17-16(19(20,21)22)7-3-8-24-17;/h3,7-8,15H,2,4-6,9-14H2,1H3,(H,24,25)(H2,23,26,27);1H. The summed E-state index contributed by atoms with van der Waals surface area (Å²) in [7, 11) is 0. The number of hydrogen-bond donors (Lipinski definition) is 3. The Kier molecular flexibility index (Phi) is 13.0. The van der Waals surface area contributed by atoms with Crippen molar-refractivity contribution >= 4 is 35.8 Å². The number of nitrogens with one attached hydrogen (secondary N) is 3. The van der Waals surface area contributed by atoms with Gasteiger partial charge in [-0.3, -0.25) is 4.99 Å². The molecule has 0 bridgehead atoms. The summed E-state index contributed by atoms with van der Waals surface area (Å²) in [4.78, 5) is 8.22. The number of rotatable bonds is 11. The van der Waals surface area contributed by atoms with Gasteiger partial charge in [-0.05, 0) is 38.3 Å². The number of aromatic nitrogens is 1. The Hall–Kier alpha value is -1.34. The van der Waals surface area contributed by atoms with Crippen LogP contribution in [-0.2, 0) is 15.7 Å². The molecule has 30 heavy (non-hydrogen) atoms. The van der Waals surface area contributed by atoms with E-state index in [0.29, 0.717) is 38.8 Å². The highest BCUT2D eigenvalue weighted by Crippen LogP contribution is 2.33. The molecule has 1 saturated heterocycles. The maximum absolute atomic E-state index is 13.0. The van der Waals surface area contributed by atoms with Crippen LogP contribution in [0, 0.1) is 0 Å². The zero-order valence-electron chi connectivity index (χ0n) is 17.1. The van der Waals surface area contributed by atoms with Crippen molar-refractivity contribution in [2.24, 2.45) is 4.99 Å². The van der Waals surface area contributed by atoms with E-state index in [9.17, 15) is 13.2 Å². The van der Waals surface area contributed by atoms with Gasteiger partial charge < -0.3 is 25.4 Å². The number of hydrogen-bond acceptors (Lipinski definition) is 5. The molecular formula is C19H31F3IN5O2.